The number of aromatic amines is 1. The molecule has 3 fully saturated rings. The minimum absolute atomic E-state index is 0.0265. The van der Waals surface area contributed by atoms with Gasteiger partial charge in [0.25, 0.3) is 5.91 Å². The molecular weight excluding hydrogens is 735 g/mol. The predicted octanol–water partition coefficient (Wildman–Crippen LogP) is 6.54. The molecule has 0 radical (unpaired) electrons. The van der Waals surface area contributed by atoms with E-state index in [4.69, 9.17) is 4.74 Å². The van der Waals surface area contributed by atoms with Gasteiger partial charge in [0.1, 0.15) is 18.1 Å². The van der Waals surface area contributed by atoms with Crippen molar-refractivity contribution in [1.29, 1.82) is 0 Å². The van der Waals surface area contributed by atoms with Gasteiger partial charge < -0.3 is 40.2 Å². The molecule has 1 unspecified atom stereocenters. The van der Waals surface area contributed by atoms with E-state index in [2.05, 4.69) is 15.2 Å². The maximum atomic E-state index is 13.6. The summed E-state index contributed by atoms with van der Waals surface area (Å²) < 4.78 is 6.27. The summed E-state index contributed by atoms with van der Waals surface area (Å²) in [5.41, 5.74) is 3.80. The second kappa shape index (κ2) is 18.3. The summed E-state index contributed by atoms with van der Waals surface area (Å²) in [4.78, 5) is 46.9. The molecule has 5 N–H and O–H groups in total. The molecule has 304 valence electrons. The third-order valence-corrected chi connectivity index (χ3v) is 11.6. The molecule has 2 amide bonds. The van der Waals surface area contributed by atoms with Crippen molar-refractivity contribution < 1.29 is 29.6 Å². The third-order valence-electron chi connectivity index (χ3n) is 11.6. The number of carboxylic acid groups (broad SMARTS) is 1. The van der Waals surface area contributed by atoms with Crippen LogP contribution in [-0.2, 0) is 6.61 Å². The zero-order valence-corrected chi connectivity index (χ0v) is 33.1. The standard InChI is InChI=1S/C46H53N5O7/c1-30(2)50(23-7-22-47-27-41(53)37-16-18-40(52)43-38(37)17-19-42(54)48-43)45(55)34-14-12-31(13-15-34)29-58-36-11-6-10-35(26-36)44(33-8-4-3-5-9-33)51(46(56)57)39-28-49-24-20-32(39)21-25-49/h3-6,8-19,26,30,32,39,41,44,47,52-53H,7,20-25,27-29H2,1-2H3,(H,48,54)(H,56,57)/t39-,41+,44?/m0/s1. The first-order chi connectivity index (χ1) is 28.1. The number of piperidine rings is 3. The first-order valence-corrected chi connectivity index (χ1v) is 20.2. The lowest BCUT2D eigenvalue weighted by molar-refractivity contribution is -0.000814. The summed E-state index contributed by atoms with van der Waals surface area (Å²) in [6, 6.07) is 30.5. The van der Waals surface area contributed by atoms with Gasteiger partial charge in [0.05, 0.1) is 23.7 Å². The smallest absolute Gasteiger partial charge is 0.408 e. The fourth-order valence-electron chi connectivity index (χ4n) is 8.56. The molecule has 1 aromatic heterocycles. The summed E-state index contributed by atoms with van der Waals surface area (Å²) in [5, 5.41) is 35.6. The van der Waals surface area contributed by atoms with Crippen molar-refractivity contribution in [3.63, 3.8) is 0 Å². The van der Waals surface area contributed by atoms with Crippen LogP contribution in [0.4, 0.5) is 4.79 Å². The number of nitrogens with one attached hydrogen (secondary N) is 2. The number of pyridine rings is 1. The fraction of sp³-hybridized carbons (Fsp3) is 0.370. The van der Waals surface area contributed by atoms with Gasteiger partial charge in [0.15, 0.2) is 0 Å². The van der Waals surface area contributed by atoms with Gasteiger partial charge in [-0.2, -0.15) is 0 Å². The van der Waals surface area contributed by atoms with Crippen LogP contribution in [0.2, 0.25) is 0 Å². The number of carbonyl (C=O) groups is 2. The van der Waals surface area contributed by atoms with Gasteiger partial charge in [-0.15, -0.1) is 0 Å². The van der Waals surface area contributed by atoms with E-state index in [1.807, 2.05) is 97.6 Å². The van der Waals surface area contributed by atoms with Crippen LogP contribution in [0.1, 0.15) is 77.9 Å². The average Bonchev–Trinajstić information content (AvgIpc) is 3.24. The minimum atomic E-state index is -0.918. The van der Waals surface area contributed by atoms with Crippen LogP contribution in [0.3, 0.4) is 0 Å². The average molecular weight is 788 g/mol. The van der Waals surface area contributed by atoms with Gasteiger partial charge in [-0.25, -0.2) is 4.79 Å². The number of aliphatic hydroxyl groups is 1. The first kappa shape index (κ1) is 40.5. The van der Waals surface area contributed by atoms with E-state index >= 15 is 0 Å². The largest absolute Gasteiger partial charge is 0.506 e. The molecule has 8 rings (SSSR count). The number of phenols is 1. The van der Waals surface area contributed by atoms with Gasteiger partial charge in [-0.05, 0) is 117 Å². The van der Waals surface area contributed by atoms with Gasteiger partial charge in [-0.1, -0.05) is 60.7 Å². The highest BCUT2D eigenvalue weighted by Crippen LogP contribution is 2.39. The molecule has 4 aromatic carbocycles. The Labute approximate surface area is 338 Å². The maximum absolute atomic E-state index is 13.6. The molecule has 2 bridgehead atoms. The van der Waals surface area contributed by atoms with Crippen LogP contribution in [0.25, 0.3) is 10.9 Å². The third kappa shape index (κ3) is 9.20. The molecule has 3 saturated heterocycles. The molecule has 12 heteroatoms. The number of benzene rings is 4. The summed E-state index contributed by atoms with van der Waals surface area (Å²) in [6.45, 7) is 8.40. The predicted molar refractivity (Wildman–Crippen MR) is 223 cm³/mol. The van der Waals surface area contributed by atoms with Crippen molar-refractivity contribution in [3.8, 4) is 11.5 Å². The molecule has 12 nitrogen and oxygen atoms in total. The van der Waals surface area contributed by atoms with Crippen molar-refractivity contribution in [3.05, 3.63) is 141 Å². The fourth-order valence-corrected chi connectivity index (χ4v) is 8.56. The minimum Gasteiger partial charge on any atom is -0.506 e. The Hall–Kier alpha value is -5.69. The highest BCUT2D eigenvalue weighted by atomic mass is 16.5. The number of hydrogen-bond donors (Lipinski definition) is 5. The van der Waals surface area contributed by atoms with Crippen LogP contribution < -0.4 is 15.6 Å². The molecule has 3 atom stereocenters. The van der Waals surface area contributed by atoms with Gasteiger partial charge in [-0.3, -0.25) is 14.5 Å². The second-order valence-corrected chi connectivity index (χ2v) is 15.7. The molecule has 0 saturated carbocycles. The second-order valence-electron chi connectivity index (χ2n) is 15.7. The van der Waals surface area contributed by atoms with Gasteiger partial charge >= 0.3 is 6.09 Å². The monoisotopic (exact) mass is 787 g/mol. The molecule has 3 aliphatic heterocycles. The SMILES string of the molecule is CC(C)N(CCCNC[C@@H](O)c1ccc(O)c2[nH]c(=O)ccc12)C(=O)c1ccc(COc2cccc(C(c3ccccc3)N(C(=O)O)[C@H]3CN4CCC3CC4)c2)cc1. The zero-order chi connectivity index (χ0) is 40.8. The van der Waals surface area contributed by atoms with E-state index in [0.717, 1.165) is 49.2 Å². The van der Waals surface area contributed by atoms with Crippen molar-refractivity contribution >= 4 is 22.9 Å². The van der Waals surface area contributed by atoms with Gasteiger partial charge in [0, 0.05) is 42.7 Å². The summed E-state index contributed by atoms with van der Waals surface area (Å²) in [5.74, 6) is 0.848. The Morgan fingerprint density at radius 3 is 2.36 bits per heavy atom. The molecule has 58 heavy (non-hydrogen) atoms. The number of amides is 2. The summed E-state index contributed by atoms with van der Waals surface area (Å²) in [6.07, 6.45) is 0.906. The number of carbonyl (C=O) groups excluding carboxylic acids is 1. The number of H-pyrrole nitrogens is 1. The van der Waals surface area contributed by atoms with E-state index in [1.165, 1.54) is 12.1 Å². The number of aliphatic hydroxyl groups excluding tert-OH is 1. The van der Waals surface area contributed by atoms with E-state index < -0.39 is 18.2 Å². The maximum Gasteiger partial charge on any atom is 0.408 e. The van der Waals surface area contributed by atoms with Crippen LogP contribution in [-0.4, -0.2) is 98.4 Å². The number of hydrogen-bond acceptors (Lipinski definition) is 8. The van der Waals surface area contributed by atoms with Crippen molar-refractivity contribution in [2.24, 2.45) is 5.92 Å². The lowest BCUT2D eigenvalue weighted by Crippen LogP contribution is -2.59. The van der Waals surface area contributed by atoms with Crippen LogP contribution >= 0.6 is 0 Å². The summed E-state index contributed by atoms with van der Waals surface area (Å²) >= 11 is 0. The Morgan fingerprint density at radius 1 is 0.931 bits per heavy atom. The number of nitrogens with zero attached hydrogens (tertiary/aromatic N) is 3. The number of ether oxygens (including phenoxy) is 1. The van der Waals surface area contributed by atoms with Crippen LogP contribution in [0.5, 0.6) is 11.5 Å². The molecular formula is C46H53N5O7. The highest BCUT2D eigenvalue weighted by molar-refractivity contribution is 5.94. The lowest BCUT2D eigenvalue weighted by atomic mass is 9.81. The van der Waals surface area contributed by atoms with E-state index in [0.29, 0.717) is 53.2 Å². The highest BCUT2D eigenvalue weighted by Gasteiger charge is 2.43. The van der Waals surface area contributed by atoms with Crippen molar-refractivity contribution in [2.75, 3.05) is 39.3 Å². The summed E-state index contributed by atoms with van der Waals surface area (Å²) in [7, 11) is 0. The number of aromatic hydroxyl groups is 1. The Balaban J connectivity index is 0.948. The first-order valence-electron chi connectivity index (χ1n) is 20.2. The normalized spacial score (nSPS) is 18.5. The molecule has 0 aliphatic carbocycles. The zero-order valence-electron chi connectivity index (χ0n) is 33.1. The topological polar surface area (TPSA) is 159 Å². The Bertz CT molecular complexity index is 2240. The van der Waals surface area contributed by atoms with Crippen molar-refractivity contribution in [2.45, 2.75) is 63.9 Å². The van der Waals surface area contributed by atoms with Crippen LogP contribution in [0.15, 0.2) is 108 Å². The molecule has 3 aliphatic rings. The quantitative estimate of drug-likeness (QED) is 0.0701. The van der Waals surface area contributed by atoms with E-state index in [1.54, 1.807) is 17.0 Å². The molecule has 5 aromatic rings. The van der Waals surface area contributed by atoms with Crippen molar-refractivity contribution in [1.82, 2.24) is 25.0 Å². The molecule has 0 spiro atoms. The Morgan fingerprint density at radius 2 is 1.67 bits per heavy atom. The van der Waals surface area contributed by atoms with Gasteiger partial charge in [0.2, 0.25) is 5.56 Å². The Kier molecular flexibility index (Phi) is 12.8. The lowest BCUT2D eigenvalue weighted by Gasteiger charge is -2.50. The van der Waals surface area contributed by atoms with Crippen LogP contribution in [0, 0.1) is 5.92 Å². The number of aromatic nitrogens is 1. The molecule has 4 heterocycles. The van der Waals surface area contributed by atoms with E-state index in [-0.39, 0.29) is 42.5 Å². The van der Waals surface area contributed by atoms with E-state index in [9.17, 15) is 29.7 Å². The number of rotatable bonds is 16. The number of fused-ring (bicyclic) bond motifs is 4. The number of phenolic OH excluding ortho intramolecular Hbond substituents is 1.